The van der Waals surface area contributed by atoms with Crippen LogP contribution in [-0.4, -0.2) is 17.6 Å². The van der Waals surface area contributed by atoms with E-state index < -0.39 is 11.7 Å². The van der Waals surface area contributed by atoms with Crippen molar-refractivity contribution >= 4 is 40.9 Å². The molecule has 1 aromatic carbocycles. The van der Waals surface area contributed by atoms with Crippen LogP contribution in [-0.2, 0) is 9.53 Å². The van der Waals surface area contributed by atoms with Gasteiger partial charge in [0, 0.05) is 22.4 Å². The van der Waals surface area contributed by atoms with Crippen LogP contribution in [0.3, 0.4) is 0 Å². The molecule has 94 valence electrons. The van der Waals surface area contributed by atoms with E-state index in [1.165, 1.54) is 18.2 Å². The van der Waals surface area contributed by atoms with Crippen LogP contribution >= 0.6 is 23.2 Å². The van der Waals surface area contributed by atoms with Gasteiger partial charge in [-0.1, -0.05) is 30.1 Å². The minimum Gasteiger partial charge on any atom is -0.432 e. The number of benzene rings is 1. The Morgan fingerprint density at radius 1 is 1.28 bits per heavy atom. The predicted octanol–water partition coefficient (Wildman–Crippen LogP) is 3.26. The van der Waals surface area contributed by atoms with Crippen molar-refractivity contribution in [3.63, 3.8) is 0 Å². The summed E-state index contributed by atoms with van der Waals surface area (Å²) in [6.07, 6.45) is -0.0924. The number of hydrogen-bond donors (Lipinski definition) is 0. The van der Waals surface area contributed by atoms with E-state index in [0.717, 1.165) is 4.90 Å². The van der Waals surface area contributed by atoms with Crippen LogP contribution in [0.15, 0.2) is 18.2 Å². The van der Waals surface area contributed by atoms with Gasteiger partial charge in [-0.05, 0) is 18.2 Å². The zero-order valence-corrected chi connectivity index (χ0v) is 11.0. The number of carbonyl (C=O) groups is 2. The summed E-state index contributed by atoms with van der Waals surface area (Å²) < 4.78 is 5.18. The SMILES string of the molecule is C[C@@H]1C[C@]12OC(=O)N(c1cc(Cl)cc(Cl)c1)C2=O. The minimum absolute atomic E-state index is 0.0635. The van der Waals surface area contributed by atoms with E-state index in [1.54, 1.807) is 0 Å². The molecule has 4 nitrogen and oxygen atoms in total. The molecule has 0 unspecified atom stereocenters. The van der Waals surface area contributed by atoms with Crippen LogP contribution in [0.5, 0.6) is 0 Å². The van der Waals surface area contributed by atoms with E-state index in [4.69, 9.17) is 27.9 Å². The largest absolute Gasteiger partial charge is 0.432 e. The summed E-state index contributed by atoms with van der Waals surface area (Å²) in [4.78, 5) is 25.0. The average Bonchev–Trinajstić information content (AvgIpc) is 2.80. The molecule has 1 aromatic rings. The van der Waals surface area contributed by atoms with Crippen molar-refractivity contribution in [3.05, 3.63) is 28.2 Å². The standard InChI is InChI=1S/C12H9Cl2NO3/c1-6-5-12(6)10(16)15(11(17)18-12)9-3-7(13)2-8(14)4-9/h2-4,6H,5H2,1H3/t6-,12+/m1/s1. The molecule has 2 atom stereocenters. The van der Waals surface area contributed by atoms with E-state index >= 15 is 0 Å². The minimum atomic E-state index is -0.953. The number of nitrogens with zero attached hydrogens (tertiary/aromatic N) is 1. The maximum Gasteiger partial charge on any atom is 0.422 e. The molecule has 2 fully saturated rings. The predicted molar refractivity (Wildman–Crippen MR) is 66.9 cm³/mol. The lowest BCUT2D eigenvalue weighted by molar-refractivity contribution is -0.124. The van der Waals surface area contributed by atoms with Crippen LogP contribution in [0.4, 0.5) is 10.5 Å². The van der Waals surface area contributed by atoms with Gasteiger partial charge in [0.1, 0.15) is 0 Å². The monoisotopic (exact) mass is 285 g/mol. The highest BCUT2D eigenvalue weighted by molar-refractivity contribution is 6.35. The van der Waals surface area contributed by atoms with Crippen LogP contribution in [0.25, 0.3) is 0 Å². The summed E-state index contributed by atoms with van der Waals surface area (Å²) in [5.74, 6) is -0.271. The molecule has 1 aliphatic heterocycles. The first-order valence-electron chi connectivity index (χ1n) is 5.48. The lowest BCUT2D eigenvalue weighted by Crippen LogP contribution is -2.32. The van der Waals surface area contributed by atoms with Crippen molar-refractivity contribution in [2.45, 2.75) is 18.9 Å². The number of ether oxygens (including phenoxy) is 1. The highest BCUT2D eigenvalue weighted by atomic mass is 35.5. The second kappa shape index (κ2) is 3.62. The fourth-order valence-electron chi connectivity index (χ4n) is 2.24. The summed E-state index contributed by atoms with van der Waals surface area (Å²) in [6.45, 7) is 1.87. The lowest BCUT2D eigenvalue weighted by Gasteiger charge is -2.11. The molecule has 3 rings (SSSR count). The number of carbonyl (C=O) groups excluding carboxylic acids is 2. The van der Waals surface area contributed by atoms with Gasteiger partial charge >= 0.3 is 6.09 Å². The smallest absolute Gasteiger partial charge is 0.422 e. The molecule has 0 N–H and O–H groups in total. The van der Waals surface area contributed by atoms with Gasteiger partial charge in [0.2, 0.25) is 0 Å². The molecule has 1 saturated heterocycles. The molecule has 0 aromatic heterocycles. The Balaban J connectivity index is 2.02. The number of hydrogen-bond acceptors (Lipinski definition) is 3. The summed E-state index contributed by atoms with van der Waals surface area (Å²) in [5, 5.41) is 0.728. The van der Waals surface area contributed by atoms with E-state index in [0.29, 0.717) is 22.2 Å². The summed E-state index contributed by atoms with van der Waals surface area (Å²) in [7, 11) is 0. The molecule has 0 radical (unpaired) electrons. The highest BCUT2D eigenvalue weighted by Crippen LogP contribution is 2.52. The maximum atomic E-state index is 12.2. The third-order valence-corrected chi connectivity index (χ3v) is 3.80. The first-order chi connectivity index (χ1) is 8.44. The quantitative estimate of drug-likeness (QED) is 0.796. The van der Waals surface area contributed by atoms with Crippen LogP contribution < -0.4 is 4.90 Å². The van der Waals surface area contributed by atoms with Gasteiger partial charge in [-0.3, -0.25) is 4.79 Å². The van der Waals surface area contributed by atoms with Gasteiger partial charge in [0.25, 0.3) is 5.91 Å². The Kier molecular flexibility index (Phi) is 2.37. The van der Waals surface area contributed by atoms with E-state index in [1.807, 2.05) is 6.92 Å². The van der Waals surface area contributed by atoms with Crippen molar-refractivity contribution in [3.8, 4) is 0 Å². The van der Waals surface area contributed by atoms with E-state index in [9.17, 15) is 9.59 Å². The Hall–Kier alpha value is -1.26. The number of imide groups is 1. The average molecular weight is 286 g/mol. The second-order valence-electron chi connectivity index (χ2n) is 4.63. The number of rotatable bonds is 1. The van der Waals surface area contributed by atoms with Gasteiger partial charge in [0.15, 0.2) is 5.60 Å². The molecule has 0 bridgehead atoms. The maximum absolute atomic E-state index is 12.2. The fourth-order valence-corrected chi connectivity index (χ4v) is 2.76. The number of anilines is 1. The van der Waals surface area contributed by atoms with E-state index in [-0.39, 0.29) is 11.8 Å². The highest BCUT2D eigenvalue weighted by Gasteiger charge is 2.68. The number of amides is 2. The molecule has 18 heavy (non-hydrogen) atoms. The van der Waals surface area contributed by atoms with Crippen LogP contribution in [0.1, 0.15) is 13.3 Å². The second-order valence-corrected chi connectivity index (χ2v) is 5.50. The Morgan fingerprint density at radius 3 is 2.28 bits per heavy atom. The molecular weight excluding hydrogens is 277 g/mol. The zero-order chi connectivity index (χ0) is 13.1. The Labute approximate surface area is 113 Å². The lowest BCUT2D eigenvalue weighted by atomic mass is 10.2. The summed E-state index contributed by atoms with van der Waals surface area (Å²) in [5.41, 5.74) is -0.607. The number of halogens is 2. The fraction of sp³-hybridized carbons (Fsp3) is 0.333. The molecule has 1 aliphatic carbocycles. The van der Waals surface area contributed by atoms with Crippen LogP contribution in [0.2, 0.25) is 10.0 Å². The first-order valence-corrected chi connectivity index (χ1v) is 6.23. The van der Waals surface area contributed by atoms with Crippen molar-refractivity contribution in [2.24, 2.45) is 5.92 Å². The molecular formula is C12H9Cl2NO3. The zero-order valence-electron chi connectivity index (χ0n) is 9.44. The van der Waals surface area contributed by atoms with Gasteiger partial charge in [-0.25, -0.2) is 9.69 Å². The molecule has 2 aliphatic rings. The van der Waals surface area contributed by atoms with E-state index in [2.05, 4.69) is 0 Å². The van der Waals surface area contributed by atoms with Gasteiger partial charge in [0.05, 0.1) is 5.69 Å². The summed E-state index contributed by atoms with van der Waals surface area (Å²) >= 11 is 11.7. The van der Waals surface area contributed by atoms with Gasteiger partial charge < -0.3 is 4.74 Å². The van der Waals surface area contributed by atoms with Crippen molar-refractivity contribution in [1.29, 1.82) is 0 Å². The summed E-state index contributed by atoms with van der Waals surface area (Å²) in [6, 6.07) is 4.56. The third-order valence-electron chi connectivity index (χ3n) is 3.37. The molecule has 2 amide bonds. The first kappa shape index (κ1) is 11.8. The Bertz CT molecular complexity index is 554. The topological polar surface area (TPSA) is 46.6 Å². The third kappa shape index (κ3) is 1.52. The molecule has 1 saturated carbocycles. The Morgan fingerprint density at radius 2 is 1.83 bits per heavy atom. The molecule has 1 spiro atoms. The molecule has 1 heterocycles. The van der Waals surface area contributed by atoms with Crippen molar-refractivity contribution < 1.29 is 14.3 Å². The van der Waals surface area contributed by atoms with Gasteiger partial charge in [-0.2, -0.15) is 0 Å². The molecule has 6 heteroatoms. The van der Waals surface area contributed by atoms with Crippen molar-refractivity contribution in [2.75, 3.05) is 4.90 Å². The van der Waals surface area contributed by atoms with Crippen LogP contribution in [0, 0.1) is 5.92 Å². The normalized spacial score (nSPS) is 29.9. The van der Waals surface area contributed by atoms with Crippen molar-refractivity contribution in [1.82, 2.24) is 0 Å². The van der Waals surface area contributed by atoms with Gasteiger partial charge in [-0.15, -0.1) is 0 Å².